The van der Waals surface area contributed by atoms with E-state index in [4.69, 9.17) is 14.2 Å². The zero-order valence-corrected chi connectivity index (χ0v) is 18.1. The molecule has 0 saturated carbocycles. The number of ether oxygens (including phenoxy) is 3. The van der Waals surface area contributed by atoms with E-state index < -0.39 is 0 Å². The molecule has 0 atom stereocenters. The van der Waals surface area contributed by atoms with Gasteiger partial charge in [0.25, 0.3) is 0 Å². The Balaban J connectivity index is 1.46. The summed E-state index contributed by atoms with van der Waals surface area (Å²) in [5.41, 5.74) is 3.40. The Morgan fingerprint density at radius 2 is 1.43 bits per heavy atom. The number of para-hydroxylation sites is 3. The van der Waals surface area contributed by atoms with Crippen molar-refractivity contribution >= 4 is 5.69 Å². The van der Waals surface area contributed by atoms with Gasteiger partial charge < -0.3 is 19.5 Å². The van der Waals surface area contributed by atoms with Gasteiger partial charge in [-0.25, -0.2) is 0 Å². The first-order valence-electron chi connectivity index (χ1n) is 10.5. The first-order valence-corrected chi connectivity index (χ1v) is 10.5. The summed E-state index contributed by atoms with van der Waals surface area (Å²) >= 11 is 0. The van der Waals surface area contributed by atoms with Crippen molar-refractivity contribution in [1.29, 1.82) is 0 Å². The zero-order chi connectivity index (χ0) is 21.2. The van der Waals surface area contributed by atoms with Crippen LogP contribution >= 0.6 is 0 Å². The number of anilines is 1. The van der Waals surface area contributed by atoms with E-state index >= 15 is 0 Å². The Morgan fingerprint density at radius 3 is 2.23 bits per heavy atom. The molecule has 0 fully saturated rings. The van der Waals surface area contributed by atoms with E-state index in [1.165, 1.54) is 11.1 Å². The van der Waals surface area contributed by atoms with E-state index in [9.17, 15) is 0 Å². The van der Waals surface area contributed by atoms with E-state index in [-0.39, 0.29) is 0 Å². The average Bonchev–Trinajstić information content (AvgIpc) is 2.75. The summed E-state index contributed by atoms with van der Waals surface area (Å²) in [4.78, 5) is 0. The van der Waals surface area contributed by atoms with Crippen molar-refractivity contribution < 1.29 is 14.2 Å². The van der Waals surface area contributed by atoms with Crippen LogP contribution in [0.2, 0.25) is 0 Å². The van der Waals surface area contributed by atoms with Gasteiger partial charge in [-0.15, -0.1) is 0 Å². The van der Waals surface area contributed by atoms with Gasteiger partial charge in [0, 0.05) is 6.54 Å². The third kappa shape index (κ3) is 6.45. The molecule has 4 heteroatoms. The van der Waals surface area contributed by atoms with Gasteiger partial charge in [0.1, 0.15) is 37.1 Å². The lowest BCUT2D eigenvalue weighted by Gasteiger charge is -2.16. The minimum atomic E-state index is 0.431. The van der Waals surface area contributed by atoms with Gasteiger partial charge in [-0.05, 0) is 54.3 Å². The largest absolute Gasteiger partial charge is 0.491 e. The SMILES string of the molecule is Cc1ccc(C(C)C)c(OCCNc2ccccc2OCCOc2ccccc2)c1. The fourth-order valence-electron chi connectivity index (χ4n) is 3.16. The molecular formula is C26H31NO3. The van der Waals surface area contributed by atoms with Crippen LogP contribution in [0, 0.1) is 6.92 Å². The summed E-state index contributed by atoms with van der Waals surface area (Å²) < 4.78 is 17.7. The molecule has 30 heavy (non-hydrogen) atoms. The number of nitrogens with one attached hydrogen (secondary N) is 1. The van der Waals surface area contributed by atoms with E-state index in [2.05, 4.69) is 44.3 Å². The summed E-state index contributed by atoms with van der Waals surface area (Å²) in [5.74, 6) is 3.06. The molecule has 0 amide bonds. The van der Waals surface area contributed by atoms with Crippen LogP contribution in [0.5, 0.6) is 17.2 Å². The molecule has 0 spiro atoms. The van der Waals surface area contributed by atoms with Crippen molar-refractivity contribution in [2.24, 2.45) is 0 Å². The molecule has 3 rings (SSSR count). The fourth-order valence-corrected chi connectivity index (χ4v) is 3.16. The molecule has 0 aromatic heterocycles. The lowest BCUT2D eigenvalue weighted by Crippen LogP contribution is -2.14. The van der Waals surface area contributed by atoms with Crippen LogP contribution in [0.3, 0.4) is 0 Å². The van der Waals surface area contributed by atoms with Crippen molar-refractivity contribution in [3.8, 4) is 17.2 Å². The molecule has 0 radical (unpaired) electrons. The van der Waals surface area contributed by atoms with E-state index in [0.717, 1.165) is 22.9 Å². The number of hydrogen-bond acceptors (Lipinski definition) is 4. The Hall–Kier alpha value is -3.14. The van der Waals surface area contributed by atoms with Gasteiger partial charge >= 0.3 is 0 Å². The smallest absolute Gasteiger partial charge is 0.142 e. The van der Waals surface area contributed by atoms with Crippen molar-refractivity contribution in [3.05, 3.63) is 83.9 Å². The van der Waals surface area contributed by atoms with Crippen molar-refractivity contribution in [2.45, 2.75) is 26.7 Å². The predicted octanol–water partition coefficient (Wildman–Crippen LogP) is 6.07. The quantitative estimate of drug-likeness (QED) is 0.393. The molecule has 158 valence electrons. The Kier molecular flexibility index (Phi) is 8.02. The van der Waals surface area contributed by atoms with Crippen molar-refractivity contribution in [1.82, 2.24) is 0 Å². The number of benzene rings is 3. The first-order chi connectivity index (χ1) is 14.6. The van der Waals surface area contributed by atoms with Crippen LogP contribution in [0.4, 0.5) is 5.69 Å². The van der Waals surface area contributed by atoms with Gasteiger partial charge in [-0.3, -0.25) is 0 Å². The van der Waals surface area contributed by atoms with E-state index in [1.54, 1.807) is 0 Å². The molecular weight excluding hydrogens is 374 g/mol. The van der Waals surface area contributed by atoms with Crippen LogP contribution < -0.4 is 19.5 Å². The summed E-state index contributed by atoms with van der Waals surface area (Å²) in [6.45, 7) is 8.69. The second-order valence-electron chi connectivity index (χ2n) is 7.48. The number of rotatable bonds is 11. The van der Waals surface area contributed by atoms with Gasteiger partial charge in [0.2, 0.25) is 0 Å². The topological polar surface area (TPSA) is 39.7 Å². The number of hydrogen-bond donors (Lipinski definition) is 1. The van der Waals surface area contributed by atoms with Crippen LogP contribution in [0.1, 0.15) is 30.9 Å². The lowest BCUT2D eigenvalue weighted by molar-refractivity contribution is 0.217. The van der Waals surface area contributed by atoms with Crippen molar-refractivity contribution in [3.63, 3.8) is 0 Å². The third-order valence-corrected chi connectivity index (χ3v) is 4.71. The zero-order valence-electron chi connectivity index (χ0n) is 18.1. The summed E-state index contributed by atoms with van der Waals surface area (Å²) in [7, 11) is 0. The molecule has 0 heterocycles. The molecule has 3 aromatic carbocycles. The summed E-state index contributed by atoms with van der Waals surface area (Å²) in [5, 5.41) is 3.41. The Labute approximate surface area is 179 Å². The van der Waals surface area contributed by atoms with Gasteiger partial charge in [0.15, 0.2) is 0 Å². The molecule has 1 N–H and O–H groups in total. The van der Waals surface area contributed by atoms with Crippen LogP contribution in [0.15, 0.2) is 72.8 Å². The second kappa shape index (κ2) is 11.1. The fraction of sp³-hybridized carbons (Fsp3) is 0.308. The highest BCUT2D eigenvalue weighted by molar-refractivity contribution is 5.56. The second-order valence-corrected chi connectivity index (χ2v) is 7.48. The average molecular weight is 406 g/mol. The highest BCUT2D eigenvalue weighted by atomic mass is 16.5. The summed E-state index contributed by atoms with van der Waals surface area (Å²) in [6, 6.07) is 24.1. The maximum absolute atomic E-state index is 6.07. The summed E-state index contributed by atoms with van der Waals surface area (Å²) in [6.07, 6.45) is 0. The molecule has 0 unspecified atom stereocenters. The minimum Gasteiger partial charge on any atom is -0.491 e. The maximum Gasteiger partial charge on any atom is 0.142 e. The molecule has 4 nitrogen and oxygen atoms in total. The normalized spacial score (nSPS) is 10.7. The lowest BCUT2D eigenvalue weighted by atomic mass is 10.0. The predicted molar refractivity (Wildman–Crippen MR) is 123 cm³/mol. The highest BCUT2D eigenvalue weighted by Gasteiger charge is 2.08. The van der Waals surface area contributed by atoms with Crippen LogP contribution in [-0.4, -0.2) is 26.4 Å². The van der Waals surface area contributed by atoms with Gasteiger partial charge in [-0.1, -0.05) is 56.3 Å². The van der Waals surface area contributed by atoms with Crippen LogP contribution in [0.25, 0.3) is 0 Å². The first kappa shape index (κ1) is 21.6. The monoisotopic (exact) mass is 405 g/mol. The standard InChI is InChI=1S/C26H31NO3/c1-20(2)23-14-13-21(3)19-26(23)29-16-15-27-24-11-7-8-12-25(24)30-18-17-28-22-9-5-4-6-10-22/h4-14,19-20,27H,15-18H2,1-3H3. The molecule has 0 aliphatic carbocycles. The number of aryl methyl sites for hydroxylation is 1. The highest BCUT2D eigenvalue weighted by Crippen LogP contribution is 2.28. The molecule has 0 bridgehead atoms. The Morgan fingerprint density at radius 1 is 0.733 bits per heavy atom. The van der Waals surface area contributed by atoms with Crippen molar-refractivity contribution in [2.75, 3.05) is 31.7 Å². The maximum atomic E-state index is 6.07. The minimum absolute atomic E-state index is 0.431. The molecule has 0 aliphatic rings. The van der Waals surface area contributed by atoms with Gasteiger partial charge in [-0.2, -0.15) is 0 Å². The van der Waals surface area contributed by atoms with Gasteiger partial charge in [0.05, 0.1) is 5.69 Å². The van der Waals surface area contributed by atoms with Crippen LogP contribution in [-0.2, 0) is 0 Å². The Bertz CT molecular complexity index is 909. The third-order valence-electron chi connectivity index (χ3n) is 4.71. The molecule has 3 aromatic rings. The molecule has 0 saturated heterocycles. The van der Waals surface area contributed by atoms with E-state index in [0.29, 0.717) is 32.3 Å². The van der Waals surface area contributed by atoms with E-state index in [1.807, 2.05) is 54.6 Å². The molecule has 0 aliphatic heterocycles.